The fraction of sp³-hybridized carbons (Fsp3) is 0.0588. The van der Waals surface area contributed by atoms with Crippen LogP contribution in [0.1, 0.15) is 0 Å². The molecule has 0 aliphatic carbocycles. The highest BCUT2D eigenvalue weighted by Crippen LogP contribution is 2.38. The molecule has 0 aliphatic rings. The number of halogens is 1. The number of hydrogen-bond acceptors (Lipinski definition) is 4. The van der Waals surface area contributed by atoms with E-state index in [0.29, 0.717) is 21.8 Å². The fourth-order valence-electron chi connectivity index (χ4n) is 2.42. The van der Waals surface area contributed by atoms with Crippen LogP contribution in [0.15, 0.2) is 66.0 Å². The molecule has 0 radical (unpaired) electrons. The molecule has 0 unspecified atom stereocenters. The number of nitrogens with zero attached hydrogens (tertiary/aromatic N) is 2. The normalized spacial score (nSPS) is 11.4. The Bertz CT molecular complexity index is 943. The molecule has 23 heavy (non-hydrogen) atoms. The van der Waals surface area contributed by atoms with Gasteiger partial charge < -0.3 is 0 Å². The summed E-state index contributed by atoms with van der Waals surface area (Å²) in [5, 5.41) is 0.300. The lowest BCUT2D eigenvalue weighted by atomic mass is 10.0. The van der Waals surface area contributed by atoms with E-state index in [0.717, 1.165) is 11.8 Å². The maximum absolute atomic E-state index is 12.5. The van der Waals surface area contributed by atoms with E-state index in [4.69, 9.17) is 11.6 Å². The molecule has 4 nitrogen and oxygen atoms in total. The van der Waals surface area contributed by atoms with E-state index in [1.807, 2.05) is 30.3 Å². The third-order valence-corrected chi connectivity index (χ3v) is 4.80. The molecule has 1 aromatic carbocycles. The largest absolute Gasteiger partial charge is 0.265 e. The summed E-state index contributed by atoms with van der Waals surface area (Å²) in [5.41, 5.74) is 2.25. The first-order valence-electron chi connectivity index (χ1n) is 6.83. The SMILES string of the molecule is CS(=O)(=O)c1c(-c2ccncc2)ncc(Cl)c1-c1ccccc1. The maximum Gasteiger partial charge on any atom is 0.178 e. The van der Waals surface area contributed by atoms with Crippen LogP contribution >= 0.6 is 11.6 Å². The van der Waals surface area contributed by atoms with Gasteiger partial charge >= 0.3 is 0 Å². The van der Waals surface area contributed by atoms with Gasteiger partial charge in [-0.2, -0.15) is 0 Å². The van der Waals surface area contributed by atoms with Gasteiger partial charge in [-0.25, -0.2) is 8.42 Å². The minimum absolute atomic E-state index is 0.127. The Hall–Kier alpha value is -2.24. The molecule has 0 aliphatic heterocycles. The van der Waals surface area contributed by atoms with E-state index in [9.17, 15) is 8.42 Å². The summed E-state index contributed by atoms with van der Waals surface area (Å²) < 4.78 is 24.9. The molecule has 0 atom stereocenters. The van der Waals surface area contributed by atoms with Crippen LogP contribution in [0.3, 0.4) is 0 Å². The molecule has 3 rings (SSSR count). The van der Waals surface area contributed by atoms with Crippen molar-refractivity contribution in [1.29, 1.82) is 0 Å². The van der Waals surface area contributed by atoms with Crippen molar-refractivity contribution in [3.05, 3.63) is 66.1 Å². The lowest BCUT2D eigenvalue weighted by Gasteiger charge is -2.14. The summed E-state index contributed by atoms with van der Waals surface area (Å²) in [6.45, 7) is 0. The first-order valence-corrected chi connectivity index (χ1v) is 9.10. The van der Waals surface area contributed by atoms with E-state index >= 15 is 0 Å². The lowest BCUT2D eigenvalue weighted by molar-refractivity contribution is 0.602. The summed E-state index contributed by atoms with van der Waals surface area (Å²) in [4.78, 5) is 8.35. The first-order chi connectivity index (χ1) is 11.0. The smallest absolute Gasteiger partial charge is 0.178 e. The molecule has 0 fully saturated rings. The zero-order valence-corrected chi connectivity index (χ0v) is 13.8. The molecule has 3 aromatic rings. The van der Waals surface area contributed by atoms with Crippen LogP contribution in [0, 0.1) is 0 Å². The molecule has 0 bridgehead atoms. The molecule has 0 saturated heterocycles. The minimum atomic E-state index is -3.55. The Morgan fingerprint density at radius 2 is 1.61 bits per heavy atom. The Morgan fingerprint density at radius 1 is 0.957 bits per heavy atom. The first kappa shape index (κ1) is 15.6. The molecular formula is C17H13ClN2O2S. The topological polar surface area (TPSA) is 59.9 Å². The molecule has 6 heteroatoms. The second-order valence-electron chi connectivity index (χ2n) is 5.03. The van der Waals surface area contributed by atoms with E-state index in [-0.39, 0.29) is 4.90 Å². The van der Waals surface area contributed by atoms with E-state index in [2.05, 4.69) is 9.97 Å². The number of benzene rings is 1. The zero-order valence-electron chi connectivity index (χ0n) is 12.3. The molecule has 0 amide bonds. The van der Waals surface area contributed by atoms with Crippen LogP contribution in [0.4, 0.5) is 0 Å². The van der Waals surface area contributed by atoms with Gasteiger partial charge in [-0.1, -0.05) is 41.9 Å². The molecule has 0 N–H and O–H groups in total. The Labute approximate surface area is 139 Å². The molecular weight excluding hydrogens is 332 g/mol. The van der Waals surface area contributed by atoms with Crippen LogP contribution in [0.5, 0.6) is 0 Å². The third-order valence-electron chi connectivity index (χ3n) is 3.37. The average molecular weight is 345 g/mol. The van der Waals surface area contributed by atoms with Gasteiger partial charge in [-0.05, 0) is 17.7 Å². The van der Waals surface area contributed by atoms with Gasteiger partial charge in [-0.3, -0.25) is 9.97 Å². The van der Waals surface area contributed by atoms with Crippen molar-refractivity contribution in [3.63, 3.8) is 0 Å². The van der Waals surface area contributed by atoms with Gasteiger partial charge in [0.05, 0.1) is 10.7 Å². The zero-order chi connectivity index (χ0) is 16.4. The van der Waals surface area contributed by atoms with Gasteiger partial charge in [0, 0.05) is 36.0 Å². The van der Waals surface area contributed by atoms with Crippen LogP contribution in [-0.4, -0.2) is 24.6 Å². The van der Waals surface area contributed by atoms with Gasteiger partial charge in [0.2, 0.25) is 0 Å². The summed E-state index contributed by atoms with van der Waals surface area (Å²) in [6, 6.07) is 12.6. The van der Waals surface area contributed by atoms with Crippen LogP contribution in [-0.2, 0) is 9.84 Å². The Balaban J connectivity index is 2.41. The number of hydrogen-bond donors (Lipinski definition) is 0. The average Bonchev–Trinajstić information content (AvgIpc) is 2.55. The number of aromatic nitrogens is 2. The molecule has 2 aromatic heterocycles. The second kappa shape index (κ2) is 6.10. The van der Waals surface area contributed by atoms with Gasteiger partial charge in [0.25, 0.3) is 0 Å². The van der Waals surface area contributed by atoms with Crippen molar-refractivity contribution >= 4 is 21.4 Å². The van der Waals surface area contributed by atoms with Crippen molar-refractivity contribution in [2.24, 2.45) is 0 Å². The summed E-state index contributed by atoms with van der Waals surface area (Å²) >= 11 is 6.29. The monoisotopic (exact) mass is 344 g/mol. The standard InChI is InChI=1S/C17H13ClN2O2S/c1-23(21,22)17-15(12-5-3-2-4-6-12)14(18)11-20-16(17)13-7-9-19-10-8-13/h2-11H,1H3. The molecule has 116 valence electrons. The highest BCUT2D eigenvalue weighted by Gasteiger charge is 2.24. The van der Waals surface area contributed by atoms with Crippen LogP contribution in [0.2, 0.25) is 5.02 Å². The second-order valence-corrected chi connectivity index (χ2v) is 7.39. The van der Waals surface area contributed by atoms with Gasteiger partial charge in [0.15, 0.2) is 9.84 Å². The van der Waals surface area contributed by atoms with Gasteiger partial charge in [-0.15, -0.1) is 0 Å². The Kier molecular flexibility index (Phi) is 4.15. The number of rotatable bonds is 3. The minimum Gasteiger partial charge on any atom is -0.265 e. The maximum atomic E-state index is 12.5. The molecule has 2 heterocycles. The van der Waals surface area contributed by atoms with Crippen molar-refractivity contribution in [3.8, 4) is 22.4 Å². The van der Waals surface area contributed by atoms with Crippen LogP contribution < -0.4 is 0 Å². The van der Waals surface area contributed by atoms with Crippen molar-refractivity contribution in [2.45, 2.75) is 4.90 Å². The highest BCUT2D eigenvalue weighted by atomic mass is 35.5. The van der Waals surface area contributed by atoms with Crippen LogP contribution in [0.25, 0.3) is 22.4 Å². The highest BCUT2D eigenvalue weighted by molar-refractivity contribution is 7.91. The van der Waals surface area contributed by atoms with E-state index in [1.165, 1.54) is 6.20 Å². The number of pyridine rings is 2. The molecule has 0 saturated carbocycles. The predicted molar refractivity (Wildman–Crippen MR) is 91.0 cm³/mol. The quantitative estimate of drug-likeness (QED) is 0.723. The summed E-state index contributed by atoms with van der Waals surface area (Å²) in [6.07, 6.45) is 5.84. The lowest BCUT2D eigenvalue weighted by Crippen LogP contribution is -2.05. The van der Waals surface area contributed by atoms with E-state index < -0.39 is 9.84 Å². The third kappa shape index (κ3) is 3.11. The predicted octanol–water partition coefficient (Wildman–Crippen LogP) is 3.87. The van der Waals surface area contributed by atoms with Crippen molar-refractivity contribution in [1.82, 2.24) is 9.97 Å². The molecule has 0 spiro atoms. The fourth-order valence-corrected chi connectivity index (χ4v) is 3.85. The van der Waals surface area contributed by atoms with Crippen molar-refractivity contribution in [2.75, 3.05) is 6.26 Å². The summed E-state index contributed by atoms with van der Waals surface area (Å²) in [5.74, 6) is 0. The van der Waals surface area contributed by atoms with Crippen molar-refractivity contribution < 1.29 is 8.42 Å². The number of sulfone groups is 1. The Morgan fingerprint density at radius 3 is 2.22 bits per heavy atom. The summed E-state index contributed by atoms with van der Waals surface area (Å²) in [7, 11) is -3.55. The van der Waals surface area contributed by atoms with E-state index in [1.54, 1.807) is 24.5 Å². The van der Waals surface area contributed by atoms with Gasteiger partial charge in [0.1, 0.15) is 4.90 Å².